The van der Waals surface area contributed by atoms with Crippen molar-refractivity contribution in [2.45, 2.75) is 13.2 Å². The van der Waals surface area contributed by atoms with Crippen LogP contribution in [0.15, 0.2) is 60.7 Å². The molecule has 0 atom stereocenters. The standard InChI is InChI=1S/C21H18Cl3NO2/c1-26-20-10-15(12-25-18-4-2-3-17(23)11-18)9-19(24)21(20)27-13-14-5-7-16(22)8-6-14/h2-11,25H,12-13H2,1H3. The zero-order valence-corrected chi connectivity index (χ0v) is 16.9. The van der Waals surface area contributed by atoms with Crippen molar-refractivity contribution >= 4 is 40.5 Å². The highest BCUT2D eigenvalue weighted by Gasteiger charge is 2.12. The van der Waals surface area contributed by atoms with Crippen LogP contribution in [-0.2, 0) is 13.2 Å². The Labute approximate surface area is 173 Å². The van der Waals surface area contributed by atoms with Gasteiger partial charge in [-0.25, -0.2) is 0 Å². The molecule has 0 bridgehead atoms. The molecule has 0 unspecified atom stereocenters. The van der Waals surface area contributed by atoms with Crippen molar-refractivity contribution in [1.29, 1.82) is 0 Å². The molecule has 0 saturated heterocycles. The number of hydrogen-bond acceptors (Lipinski definition) is 3. The highest BCUT2D eigenvalue weighted by atomic mass is 35.5. The fourth-order valence-electron chi connectivity index (χ4n) is 2.55. The van der Waals surface area contributed by atoms with Crippen LogP contribution in [0.3, 0.4) is 0 Å². The van der Waals surface area contributed by atoms with E-state index in [0.717, 1.165) is 16.8 Å². The van der Waals surface area contributed by atoms with Crippen LogP contribution in [-0.4, -0.2) is 7.11 Å². The fraction of sp³-hybridized carbons (Fsp3) is 0.143. The molecule has 0 spiro atoms. The maximum Gasteiger partial charge on any atom is 0.180 e. The maximum absolute atomic E-state index is 6.44. The lowest BCUT2D eigenvalue weighted by Crippen LogP contribution is -2.02. The van der Waals surface area contributed by atoms with Crippen LogP contribution >= 0.6 is 34.8 Å². The molecule has 6 heteroatoms. The number of methoxy groups -OCH3 is 1. The molecule has 0 amide bonds. The van der Waals surface area contributed by atoms with Crippen molar-refractivity contribution in [1.82, 2.24) is 0 Å². The average molecular weight is 423 g/mol. The summed E-state index contributed by atoms with van der Waals surface area (Å²) < 4.78 is 11.3. The Balaban J connectivity index is 1.71. The number of halogens is 3. The minimum absolute atomic E-state index is 0.368. The van der Waals surface area contributed by atoms with Gasteiger partial charge in [-0.05, 0) is 53.6 Å². The summed E-state index contributed by atoms with van der Waals surface area (Å²) in [5.41, 5.74) is 2.89. The summed E-state index contributed by atoms with van der Waals surface area (Å²) in [4.78, 5) is 0. The molecule has 0 fully saturated rings. The highest BCUT2D eigenvalue weighted by Crippen LogP contribution is 2.37. The van der Waals surface area contributed by atoms with Crippen LogP contribution in [0.4, 0.5) is 5.69 Å². The molecular weight excluding hydrogens is 405 g/mol. The van der Waals surface area contributed by atoms with E-state index in [-0.39, 0.29) is 0 Å². The Morgan fingerprint density at radius 1 is 0.852 bits per heavy atom. The Kier molecular flexibility index (Phi) is 6.73. The third kappa shape index (κ3) is 5.46. The van der Waals surface area contributed by atoms with Gasteiger partial charge in [0.05, 0.1) is 12.1 Å². The molecule has 3 rings (SSSR count). The van der Waals surface area contributed by atoms with Gasteiger partial charge in [-0.1, -0.05) is 53.0 Å². The number of rotatable bonds is 7. The Morgan fingerprint density at radius 2 is 1.63 bits per heavy atom. The molecule has 0 aliphatic rings. The lowest BCUT2D eigenvalue weighted by Gasteiger charge is -2.15. The van der Waals surface area contributed by atoms with Gasteiger partial charge < -0.3 is 14.8 Å². The summed E-state index contributed by atoms with van der Waals surface area (Å²) in [5, 5.41) is 5.17. The first-order valence-electron chi connectivity index (χ1n) is 8.28. The van der Waals surface area contributed by atoms with Gasteiger partial charge in [0.25, 0.3) is 0 Å². The van der Waals surface area contributed by atoms with Crippen molar-refractivity contribution in [2.24, 2.45) is 0 Å². The van der Waals surface area contributed by atoms with Gasteiger partial charge in [-0.15, -0.1) is 0 Å². The summed E-state index contributed by atoms with van der Waals surface area (Å²) in [6.07, 6.45) is 0. The minimum Gasteiger partial charge on any atom is -0.493 e. The average Bonchev–Trinajstić information content (AvgIpc) is 2.66. The van der Waals surface area contributed by atoms with Gasteiger partial charge in [0.1, 0.15) is 6.61 Å². The van der Waals surface area contributed by atoms with E-state index >= 15 is 0 Å². The Bertz CT molecular complexity index is 914. The summed E-state index contributed by atoms with van der Waals surface area (Å²) in [6, 6.07) is 18.8. The predicted octanol–water partition coefficient (Wildman–Crippen LogP) is 6.85. The second kappa shape index (κ2) is 9.23. The van der Waals surface area contributed by atoms with Gasteiger partial charge >= 0.3 is 0 Å². The van der Waals surface area contributed by atoms with Crippen LogP contribution < -0.4 is 14.8 Å². The van der Waals surface area contributed by atoms with Crippen molar-refractivity contribution < 1.29 is 9.47 Å². The van der Waals surface area contributed by atoms with Gasteiger partial charge in [-0.2, -0.15) is 0 Å². The van der Waals surface area contributed by atoms with Gasteiger partial charge in [0.2, 0.25) is 0 Å². The number of benzene rings is 3. The van der Waals surface area contributed by atoms with Crippen molar-refractivity contribution in [3.05, 3.63) is 86.9 Å². The first-order chi connectivity index (χ1) is 13.0. The fourth-order valence-corrected chi connectivity index (χ4v) is 3.16. The number of anilines is 1. The molecule has 0 aromatic heterocycles. The maximum atomic E-state index is 6.44. The second-order valence-corrected chi connectivity index (χ2v) is 7.17. The summed E-state index contributed by atoms with van der Waals surface area (Å²) in [5.74, 6) is 1.10. The largest absolute Gasteiger partial charge is 0.493 e. The van der Waals surface area contributed by atoms with Crippen LogP contribution in [0, 0.1) is 0 Å². The molecule has 0 aliphatic carbocycles. The Hall–Kier alpha value is -2.07. The first kappa shape index (κ1) is 19.7. The topological polar surface area (TPSA) is 30.5 Å². The third-order valence-corrected chi connectivity index (χ3v) is 4.67. The molecule has 3 aromatic rings. The van der Waals surface area contributed by atoms with E-state index in [2.05, 4.69) is 5.32 Å². The van der Waals surface area contributed by atoms with Crippen LogP contribution in [0.5, 0.6) is 11.5 Å². The zero-order valence-electron chi connectivity index (χ0n) is 14.6. The molecule has 27 heavy (non-hydrogen) atoms. The van der Waals surface area contributed by atoms with Crippen molar-refractivity contribution in [3.8, 4) is 11.5 Å². The van der Waals surface area contributed by atoms with E-state index in [9.17, 15) is 0 Å². The van der Waals surface area contributed by atoms with Crippen LogP contribution in [0.2, 0.25) is 15.1 Å². The van der Waals surface area contributed by atoms with Gasteiger partial charge in [-0.3, -0.25) is 0 Å². The quantitative estimate of drug-likeness (QED) is 0.452. The predicted molar refractivity (Wildman–Crippen MR) is 113 cm³/mol. The summed E-state index contributed by atoms with van der Waals surface area (Å²) in [6.45, 7) is 0.946. The minimum atomic E-state index is 0.368. The van der Waals surface area contributed by atoms with E-state index in [1.54, 1.807) is 7.11 Å². The number of hydrogen-bond donors (Lipinski definition) is 1. The second-order valence-electron chi connectivity index (χ2n) is 5.89. The van der Waals surface area contributed by atoms with E-state index in [1.807, 2.05) is 60.7 Å². The molecule has 3 nitrogen and oxygen atoms in total. The third-order valence-electron chi connectivity index (χ3n) is 3.91. The molecule has 0 saturated carbocycles. The smallest absolute Gasteiger partial charge is 0.180 e. The molecule has 0 heterocycles. The van der Waals surface area contributed by atoms with Crippen LogP contribution in [0.25, 0.3) is 0 Å². The van der Waals surface area contributed by atoms with E-state index in [4.69, 9.17) is 44.3 Å². The van der Waals surface area contributed by atoms with E-state index in [1.165, 1.54) is 0 Å². The van der Waals surface area contributed by atoms with E-state index < -0.39 is 0 Å². The molecule has 0 aliphatic heterocycles. The molecule has 1 N–H and O–H groups in total. The SMILES string of the molecule is COc1cc(CNc2cccc(Cl)c2)cc(Cl)c1OCc1ccc(Cl)cc1. The Morgan fingerprint density at radius 3 is 2.33 bits per heavy atom. The molecular formula is C21H18Cl3NO2. The summed E-state index contributed by atoms with van der Waals surface area (Å²) in [7, 11) is 1.59. The number of nitrogens with one attached hydrogen (secondary N) is 1. The zero-order chi connectivity index (χ0) is 19.2. The van der Waals surface area contributed by atoms with E-state index in [0.29, 0.717) is 39.7 Å². The lowest BCUT2D eigenvalue weighted by atomic mass is 10.2. The summed E-state index contributed by atoms with van der Waals surface area (Å²) >= 11 is 18.4. The molecule has 140 valence electrons. The van der Waals surface area contributed by atoms with Crippen molar-refractivity contribution in [3.63, 3.8) is 0 Å². The van der Waals surface area contributed by atoms with Crippen LogP contribution in [0.1, 0.15) is 11.1 Å². The lowest BCUT2D eigenvalue weighted by molar-refractivity contribution is 0.284. The number of ether oxygens (including phenoxy) is 2. The first-order valence-corrected chi connectivity index (χ1v) is 9.41. The monoisotopic (exact) mass is 421 g/mol. The normalized spacial score (nSPS) is 10.5. The van der Waals surface area contributed by atoms with Crippen molar-refractivity contribution in [2.75, 3.05) is 12.4 Å². The van der Waals surface area contributed by atoms with Gasteiger partial charge in [0.15, 0.2) is 11.5 Å². The van der Waals surface area contributed by atoms with Gasteiger partial charge in [0, 0.05) is 22.3 Å². The highest BCUT2D eigenvalue weighted by molar-refractivity contribution is 6.32. The molecule has 3 aromatic carbocycles. The molecule has 0 radical (unpaired) electrons.